The van der Waals surface area contributed by atoms with Crippen LogP contribution in [0.4, 0.5) is 0 Å². The van der Waals surface area contributed by atoms with Gasteiger partial charge in [0.1, 0.15) is 5.75 Å². The summed E-state index contributed by atoms with van der Waals surface area (Å²) in [6.07, 6.45) is 2.41. The van der Waals surface area contributed by atoms with E-state index in [1.807, 2.05) is 25.1 Å². The largest absolute Gasteiger partial charge is 0.493 e. The van der Waals surface area contributed by atoms with Gasteiger partial charge in [0.15, 0.2) is 0 Å². The minimum atomic E-state index is 0.395. The third kappa shape index (κ3) is 4.81. The molecule has 1 aromatic rings. The summed E-state index contributed by atoms with van der Waals surface area (Å²) < 4.78 is 5.79. The Morgan fingerprint density at radius 2 is 2.17 bits per heavy atom. The number of nitrogens with two attached hydrogens (primary N) is 1. The zero-order valence-electron chi connectivity index (χ0n) is 11.6. The molecule has 0 radical (unpaired) electrons. The fraction of sp³-hybridized carbons (Fsp3) is 0.500. The first-order chi connectivity index (χ1) is 8.67. The highest BCUT2D eigenvalue weighted by Gasteiger charge is 2.03. The Labute approximate surface area is 111 Å². The predicted molar refractivity (Wildman–Crippen MR) is 76.7 cm³/mol. The highest BCUT2D eigenvalue weighted by Crippen LogP contribution is 2.18. The number of ether oxygens (including phenoxy) is 1. The van der Waals surface area contributed by atoms with Gasteiger partial charge in [0.05, 0.1) is 13.2 Å². The maximum Gasteiger partial charge on any atom is 0.119 e. The Kier molecular flexibility index (Phi) is 6.32. The van der Waals surface area contributed by atoms with Crippen LogP contribution in [0.5, 0.6) is 5.75 Å². The second-order valence-electron chi connectivity index (χ2n) is 4.69. The minimum absolute atomic E-state index is 0.395. The quantitative estimate of drug-likeness (QED) is 0.809. The summed E-state index contributed by atoms with van der Waals surface area (Å²) in [5.41, 5.74) is 7.53. The van der Waals surface area contributed by atoms with Crippen molar-refractivity contribution in [1.82, 2.24) is 0 Å². The van der Waals surface area contributed by atoms with Crippen LogP contribution in [-0.2, 0) is 0 Å². The first-order valence-electron chi connectivity index (χ1n) is 6.59. The van der Waals surface area contributed by atoms with Crippen molar-refractivity contribution >= 4 is 0 Å². The summed E-state index contributed by atoms with van der Waals surface area (Å²) in [4.78, 5) is 0. The van der Waals surface area contributed by atoms with E-state index in [2.05, 4.69) is 25.7 Å². The molecule has 0 heterocycles. The maximum atomic E-state index is 5.79. The van der Waals surface area contributed by atoms with Crippen molar-refractivity contribution in [1.29, 1.82) is 0 Å². The molecule has 1 unspecified atom stereocenters. The third-order valence-corrected chi connectivity index (χ3v) is 2.84. The molecule has 1 rings (SSSR count). The fourth-order valence-electron chi connectivity index (χ4n) is 1.83. The Morgan fingerprint density at radius 1 is 1.39 bits per heavy atom. The molecule has 0 aromatic heterocycles. The minimum Gasteiger partial charge on any atom is -0.493 e. The van der Waals surface area contributed by atoms with E-state index in [0.29, 0.717) is 12.5 Å². The van der Waals surface area contributed by atoms with Gasteiger partial charge in [0.2, 0.25) is 0 Å². The molecule has 2 nitrogen and oxygen atoms in total. The van der Waals surface area contributed by atoms with Gasteiger partial charge in [-0.2, -0.15) is 0 Å². The maximum absolute atomic E-state index is 5.79. The van der Waals surface area contributed by atoms with Crippen molar-refractivity contribution in [3.63, 3.8) is 0 Å². The lowest BCUT2D eigenvalue weighted by molar-refractivity contribution is 0.251. The highest BCUT2D eigenvalue weighted by molar-refractivity contribution is 5.44. The molecule has 0 saturated carbocycles. The van der Waals surface area contributed by atoms with E-state index in [1.165, 1.54) is 12.8 Å². The smallest absolute Gasteiger partial charge is 0.119 e. The van der Waals surface area contributed by atoms with Gasteiger partial charge in [-0.1, -0.05) is 32.1 Å². The molecule has 98 valence electrons. The number of hydrogen-bond donors (Lipinski definition) is 1. The molecule has 0 spiro atoms. The molecule has 0 bridgehead atoms. The van der Waals surface area contributed by atoms with Gasteiger partial charge in [-0.05, 0) is 43.0 Å². The zero-order valence-corrected chi connectivity index (χ0v) is 11.6. The SMILES string of the molecule is CCCC(C)COc1ccc(C#CCN)c(C)c1. The Hall–Kier alpha value is -1.46. The topological polar surface area (TPSA) is 35.2 Å². The van der Waals surface area contributed by atoms with E-state index >= 15 is 0 Å². The van der Waals surface area contributed by atoms with E-state index in [4.69, 9.17) is 10.5 Å². The van der Waals surface area contributed by atoms with Gasteiger partial charge in [0, 0.05) is 5.56 Å². The third-order valence-electron chi connectivity index (χ3n) is 2.84. The summed E-state index contributed by atoms with van der Waals surface area (Å²) >= 11 is 0. The summed E-state index contributed by atoms with van der Waals surface area (Å²) in [6.45, 7) is 7.64. The summed E-state index contributed by atoms with van der Waals surface area (Å²) in [6, 6.07) is 6.02. The van der Waals surface area contributed by atoms with Crippen molar-refractivity contribution in [3.8, 4) is 17.6 Å². The van der Waals surface area contributed by atoms with Gasteiger partial charge >= 0.3 is 0 Å². The van der Waals surface area contributed by atoms with E-state index in [1.54, 1.807) is 0 Å². The molecule has 0 fully saturated rings. The van der Waals surface area contributed by atoms with E-state index in [9.17, 15) is 0 Å². The molecule has 1 aromatic carbocycles. The number of benzene rings is 1. The molecule has 0 saturated heterocycles. The summed E-state index contributed by atoms with van der Waals surface area (Å²) in [5.74, 6) is 7.45. The highest BCUT2D eigenvalue weighted by atomic mass is 16.5. The Balaban J connectivity index is 2.61. The predicted octanol–water partition coefficient (Wildman–Crippen LogP) is 3.12. The molecule has 0 amide bonds. The number of hydrogen-bond acceptors (Lipinski definition) is 2. The Bertz CT molecular complexity index is 428. The van der Waals surface area contributed by atoms with Crippen LogP contribution in [0.3, 0.4) is 0 Å². The summed E-state index contributed by atoms with van der Waals surface area (Å²) in [5, 5.41) is 0. The van der Waals surface area contributed by atoms with Crippen LogP contribution >= 0.6 is 0 Å². The molecule has 2 N–H and O–H groups in total. The van der Waals surface area contributed by atoms with Crippen LogP contribution < -0.4 is 10.5 Å². The standard InChI is InChI=1S/C16H23NO/c1-4-6-13(2)12-18-16-9-8-15(7-5-10-17)14(3)11-16/h8-9,11,13H,4,6,10,12,17H2,1-3H3. The lowest BCUT2D eigenvalue weighted by Gasteiger charge is -2.12. The van der Waals surface area contributed by atoms with Gasteiger partial charge in [-0.3, -0.25) is 0 Å². The van der Waals surface area contributed by atoms with Gasteiger partial charge in [-0.15, -0.1) is 0 Å². The molecule has 0 aliphatic heterocycles. The van der Waals surface area contributed by atoms with Crippen LogP contribution in [-0.4, -0.2) is 13.2 Å². The first kappa shape index (κ1) is 14.6. The van der Waals surface area contributed by atoms with Crippen molar-refractivity contribution in [2.24, 2.45) is 11.7 Å². The molecular weight excluding hydrogens is 222 g/mol. The van der Waals surface area contributed by atoms with Crippen LogP contribution in [0, 0.1) is 24.7 Å². The molecular formula is C16H23NO. The first-order valence-corrected chi connectivity index (χ1v) is 6.59. The van der Waals surface area contributed by atoms with Crippen LogP contribution in [0.1, 0.15) is 37.8 Å². The lowest BCUT2D eigenvalue weighted by atomic mass is 10.1. The monoisotopic (exact) mass is 245 g/mol. The molecule has 18 heavy (non-hydrogen) atoms. The molecule has 0 aliphatic carbocycles. The molecule has 2 heteroatoms. The second-order valence-corrected chi connectivity index (χ2v) is 4.69. The van der Waals surface area contributed by atoms with Gasteiger partial charge in [-0.25, -0.2) is 0 Å². The van der Waals surface area contributed by atoms with Gasteiger partial charge < -0.3 is 10.5 Å². The fourth-order valence-corrected chi connectivity index (χ4v) is 1.83. The average molecular weight is 245 g/mol. The van der Waals surface area contributed by atoms with Crippen molar-refractivity contribution in [2.45, 2.75) is 33.6 Å². The molecule has 0 aliphatic rings. The zero-order chi connectivity index (χ0) is 13.4. The van der Waals surface area contributed by atoms with Crippen molar-refractivity contribution < 1.29 is 4.74 Å². The van der Waals surface area contributed by atoms with E-state index in [-0.39, 0.29) is 0 Å². The Morgan fingerprint density at radius 3 is 2.78 bits per heavy atom. The second kappa shape index (κ2) is 7.79. The van der Waals surface area contributed by atoms with Crippen molar-refractivity contribution in [3.05, 3.63) is 29.3 Å². The lowest BCUT2D eigenvalue weighted by Crippen LogP contribution is -2.08. The summed E-state index contributed by atoms with van der Waals surface area (Å²) in [7, 11) is 0. The van der Waals surface area contributed by atoms with E-state index in [0.717, 1.165) is 23.5 Å². The van der Waals surface area contributed by atoms with E-state index < -0.39 is 0 Å². The number of aryl methyl sites for hydroxylation is 1. The van der Waals surface area contributed by atoms with Crippen molar-refractivity contribution in [2.75, 3.05) is 13.2 Å². The van der Waals surface area contributed by atoms with Crippen LogP contribution in [0.25, 0.3) is 0 Å². The number of rotatable bonds is 5. The normalized spacial score (nSPS) is 11.6. The van der Waals surface area contributed by atoms with Crippen LogP contribution in [0.15, 0.2) is 18.2 Å². The molecule has 1 atom stereocenters. The average Bonchev–Trinajstić information content (AvgIpc) is 2.35. The van der Waals surface area contributed by atoms with Gasteiger partial charge in [0.25, 0.3) is 0 Å². The van der Waals surface area contributed by atoms with Crippen LogP contribution in [0.2, 0.25) is 0 Å².